The van der Waals surface area contributed by atoms with Crippen molar-refractivity contribution in [3.05, 3.63) is 28.8 Å². The molecule has 1 atom stereocenters. The van der Waals surface area contributed by atoms with Crippen LogP contribution in [-0.2, 0) is 0 Å². The molecule has 0 aliphatic rings. The fourth-order valence-electron chi connectivity index (χ4n) is 1.55. The van der Waals surface area contributed by atoms with E-state index in [0.717, 1.165) is 0 Å². The molecule has 0 aromatic heterocycles. The summed E-state index contributed by atoms with van der Waals surface area (Å²) in [5.74, 6) is 0.565. The van der Waals surface area contributed by atoms with E-state index >= 15 is 0 Å². The van der Waals surface area contributed by atoms with Gasteiger partial charge in [0.2, 0.25) is 0 Å². The molecule has 0 amide bonds. The molecule has 5 heteroatoms. The Morgan fingerprint density at radius 1 is 1.19 bits per heavy atom. The van der Waals surface area contributed by atoms with E-state index in [2.05, 4.69) is 0 Å². The second kappa shape index (κ2) is 4.33. The summed E-state index contributed by atoms with van der Waals surface area (Å²) in [7, 11) is 1.48. The molecule has 1 rings (SSSR count). The SMILES string of the molecule is COc1ccc(C(N)C(F)(F)F)c(C)c1C. The highest BCUT2D eigenvalue weighted by atomic mass is 19.4. The van der Waals surface area contributed by atoms with Gasteiger partial charge in [0.25, 0.3) is 0 Å². The van der Waals surface area contributed by atoms with Crippen LogP contribution in [0.5, 0.6) is 5.75 Å². The van der Waals surface area contributed by atoms with Gasteiger partial charge in [-0.15, -0.1) is 0 Å². The van der Waals surface area contributed by atoms with Crippen molar-refractivity contribution in [1.82, 2.24) is 0 Å². The highest BCUT2D eigenvalue weighted by Gasteiger charge is 2.38. The Bertz CT molecular complexity index is 388. The number of ether oxygens (including phenoxy) is 1. The number of halogens is 3. The van der Waals surface area contributed by atoms with Gasteiger partial charge in [0.15, 0.2) is 0 Å². The zero-order chi connectivity index (χ0) is 12.5. The summed E-state index contributed by atoms with van der Waals surface area (Å²) >= 11 is 0. The Kier molecular flexibility index (Phi) is 3.48. The molecular formula is C11H14F3NO. The lowest BCUT2D eigenvalue weighted by molar-refractivity contribution is -0.149. The van der Waals surface area contributed by atoms with Crippen LogP contribution in [0.3, 0.4) is 0 Å². The van der Waals surface area contributed by atoms with E-state index in [4.69, 9.17) is 10.5 Å². The first-order valence-electron chi connectivity index (χ1n) is 4.75. The molecule has 0 fully saturated rings. The van der Waals surface area contributed by atoms with Crippen molar-refractivity contribution in [2.24, 2.45) is 5.73 Å². The van der Waals surface area contributed by atoms with Crippen LogP contribution in [0.2, 0.25) is 0 Å². The second-order valence-corrected chi connectivity index (χ2v) is 3.63. The molecule has 16 heavy (non-hydrogen) atoms. The molecule has 0 radical (unpaired) electrons. The summed E-state index contributed by atoms with van der Waals surface area (Å²) in [6, 6.07) is 0.917. The Morgan fingerprint density at radius 3 is 2.19 bits per heavy atom. The van der Waals surface area contributed by atoms with Gasteiger partial charge in [-0.25, -0.2) is 0 Å². The van der Waals surface area contributed by atoms with Crippen molar-refractivity contribution < 1.29 is 17.9 Å². The van der Waals surface area contributed by atoms with Crippen molar-refractivity contribution in [3.8, 4) is 5.75 Å². The van der Waals surface area contributed by atoms with Gasteiger partial charge >= 0.3 is 6.18 Å². The van der Waals surface area contributed by atoms with Crippen LogP contribution in [-0.4, -0.2) is 13.3 Å². The monoisotopic (exact) mass is 233 g/mol. The molecule has 2 N–H and O–H groups in total. The van der Waals surface area contributed by atoms with Crippen LogP contribution in [0.15, 0.2) is 12.1 Å². The van der Waals surface area contributed by atoms with E-state index < -0.39 is 12.2 Å². The first-order chi connectivity index (χ1) is 7.29. The summed E-state index contributed by atoms with van der Waals surface area (Å²) < 4.78 is 42.4. The van der Waals surface area contributed by atoms with Gasteiger partial charge in [-0.2, -0.15) is 13.2 Å². The third-order valence-electron chi connectivity index (χ3n) is 2.69. The average Bonchev–Trinajstić information content (AvgIpc) is 2.20. The van der Waals surface area contributed by atoms with Crippen molar-refractivity contribution in [3.63, 3.8) is 0 Å². The predicted molar refractivity (Wildman–Crippen MR) is 55.5 cm³/mol. The fourth-order valence-corrected chi connectivity index (χ4v) is 1.55. The predicted octanol–water partition coefficient (Wildman–Crippen LogP) is 2.87. The minimum Gasteiger partial charge on any atom is -0.496 e. The van der Waals surface area contributed by atoms with E-state index in [0.29, 0.717) is 16.9 Å². The first-order valence-corrected chi connectivity index (χ1v) is 4.75. The van der Waals surface area contributed by atoms with E-state index in [1.807, 2.05) is 0 Å². The molecule has 0 saturated heterocycles. The van der Waals surface area contributed by atoms with Crippen LogP contribution >= 0.6 is 0 Å². The minimum absolute atomic E-state index is 0.0887. The smallest absolute Gasteiger partial charge is 0.407 e. The topological polar surface area (TPSA) is 35.2 Å². The Morgan fingerprint density at radius 2 is 1.75 bits per heavy atom. The molecule has 0 aliphatic heterocycles. The number of nitrogens with two attached hydrogens (primary N) is 1. The molecule has 0 heterocycles. The molecule has 0 spiro atoms. The number of methoxy groups -OCH3 is 1. The van der Waals surface area contributed by atoms with Crippen molar-refractivity contribution in [2.75, 3.05) is 7.11 Å². The van der Waals surface area contributed by atoms with E-state index in [9.17, 15) is 13.2 Å². The van der Waals surface area contributed by atoms with Gasteiger partial charge in [0, 0.05) is 0 Å². The number of hydrogen-bond donors (Lipinski definition) is 1. The lowest BCUT2D eigenvalue weighted by Crippen LogP contribution is -2.29. The maximum absolute atomic E-state index is 12.5. The highest BCUT2D eigenvalue weighted by molar-refractivity contribution is 5.45. The van der Waals surface area contributed by atoms with Gasteiger partial charge in [0.05, 0.1) is 7.11 Å². The Hall–Kier alpha value is -1.23. The molecule has 0 saturated carbocycles. The third-order valence-corrected chi connectivity index (χ3v) is 2.69. The number of rotatable bonds is 2. The third kappa shape index (κ3) is 2.29. The molecule has 90 valence electrons. The highest BCUT2D eigenvalue weighted by Crippen LogP contribution is 2.35. The largest absolute Gasteiger partial charge is 0.496 e. The molecule has 0 bridgehead atoms. The van der Waals surface area contributed by atoms with Gasteiger partial charge in [-0.1, -0.05) is 6.07 Å². The number of hydrogen-bond acceptors (Lipinski definition) is 2. The van der Waals surface area contributed by atoms with E-state index in [-0.39, 0.29) is 5.56 Å². The van der Waals surface area contributed by atoms with Crippen LogP contribution in [0.1, 0.15) is 22.7 Å². The van der Waals surface area contributed by atoms with Crippen LogP contribution < -0.4 is 10.5 Å². The zero-order valence-electron chi connectivity index (χ0n) is 9.35. The van der Waals surface area contributed by atoms with E-state index in [1.54, 1.807) is 13.8 Å². The number of alkyl halides is 3. The fraction of sp³-hybridized carbons (Fsp3) is 0.455. The minimum atomic E-state index is -4.42. The quantitative estimate of drug-likeness (QED) is 0.852. The van der Waals surface area contributed by atoms with Crippen LogP contribution in [0.4, 0.5) is 13.2 Å². The summed E-state index contributed by atoms with van der Waals surface area (Å²) in [6.07, 6.45) is -4.42. The second-order valence-electron chi connectivity index (χ2n) is 3.63. The molecule has 1 aromatic carbocycles. The molecule has 2 nitrogen and oxygen atoms in total. The summed E-state index contributed by atoms with van der Waals surface area (Å²) in [4.78, 5) is 0. The first kappa shape index (κ1) is 12.8. The molecule has 0 aliphatic carbocycles. The van der Waals surface area contributed by atoms with Crippen molar-refractivity contribution in [1.29, 1.82) is 0 Å². The van der Waals surface area contributed by atoms with Gasteiger partial charge < -0.3 is 10.5 Å². The van der Waals surface area contributed by atoms with Gasteiger partial charge in [-0.05, 0) is 36.6 Å². The van der Waals surface area contributed by atoms with Crippen LogP contribution in [0.25, 0.3) is 0 Å². The van der Waals surface area contributed by atoms with Gasteiger partial charge in [0.1, 0.15) is 11.8 Å². The summed E-state index contributed by atoms with van der Waals surface area (Å²) in [5, 5.41) is 0. The Balaban J connectivity index is 3.22. The van der Waals surface area contributed by atoms with Gasteiger partial charge in [-0.3, -0.25) is 0 Å². The van der Waals surface area contributed by atoms with Crippen molar-refractivity contribution in [2.45, 2.75) is 26.1 Å². The Labute approximate surface area is 92.2 Å². The van der Waals surface area contributed by atoms with Crippen molar-refractivity contribution >= 4 is 0 Å². The normalized spacial score (nSPS) is 13.7. The molecular weight excluding hydrogens is 219 g/mol. The van der Waals surface area contributed by atoms with E-state index in [1.165, 1.54) is 19.2 Å². The molecule has 1 aromatic rings. The lowest BCUT2D eigenvalue weighted by Gasteiger charge is -2.20. The average molecular weight is 233 g/mol. The standard InChI is InChI=1S/C11H14F3NO/c1-6-7(2)9(16-3)5-4-8(6)10(15)11(12,13)14/h4-5,10H,15H2,1-3H3. The maximum Gasteiger partial charge on any atom is 0.407 e. The summed E-state index contributed by atoms with van der Waals surface area (Å²) in [6.45, 7) is 3.32. The summed E-state index contributed by atoms with van der Waals surface area (Å²) in [5.41, 5.74) is 6.45. The number of benzene rings is 1. The van der Waals surface area contributed by atoms with Crippen LogP contribution in [0, 0.1) is 13.8 Å². The zero-order valence-corrected chi connectivity index (χ0v) is 9.35. The lowest BCUT2D eigenvalue weighted by atomic mass is 9.97. The molecule has 1 unspecified atom stereocenters. The maximum atomic E-state index is 12.5.